The lowest BCUT2D eigenvalue weighted by molar-refractivity contribution is 0.102. The Labute approximate surface area is 129 Å². The summed E-state index contributed by atoms with van der Waals surface area (Å²) in [5.74, 6) is 0.326. The number of nitrogens with one attached hydrogen (secondary N) is 1. The fourth-order valence-electron chi connectivity index (χ4n) is 1.70. The first kappa shape index (κ1) is 16.8. The van der Waals surface area contributed by atoms with Crippen molar-refractivity contribution >= 4 is 29.7 Å². The zero-order valence-electron chi connectivity index (χ0n) is 12.2. The number of nitrogens with zero attached hydrogens (tertiary/aromatic N) is 2. The number of benzene rings is 1. The van der Waals surface area contributed by atoms with Crippen molar-refractivity contribution < 1.29 is 9.53 Å². The normalized spacial score (nSPS) is 10.1. The van der Waals surface area contributed by atoms with Gasteiger partial charge < -0.3 is 15.8 Å². The molecule has 0 saturated heterocycles. The summed E-state index contributed by atoms with van der Waals surface area (Å²) in [4.78, 5) is 12.1. The van der Waals surface area contributed by atoms with Crippen LogP contribution in [0.1, 0.15) is 30.4 Å². The van der Waals surface area contributed by atoms with Gasteiger partial charge in [0.25, 0.3) is 5.91 Å². The standard InChI is InChI=1S/C14H18N4O2.ClH/c1-9(2)18-7-6-12(17-18)14(19)16-13-8-10(20-3)4-5-11(13)15;/h4-9H,15H2,1-3H3,(H,16,19);1H. The molecule has 0 aliphatic rings. The second-order valence-corrected chi connectivity index (χ2v) is 4.68. The van der Waals surface area contributed by atoms with Crippen LogP contribution in [0.4, 0.5) is 11.4 Å². The van der Waals surface area contributed by atoms with Gasteiger partial charge in [-0.3, -0.25) is 9.48 Å². The third kappa shape index (κ3) is 3.88. The lowest BCUT2D eigenvalue weighted by atomic mass is 10.2. The molecular formula is C14H19ClN4O2. The fourth-order valence-corrected chi connectivity index (χ4v) is 1.70. The van der Waals surface area contributed by atoms with Crippen LogP contribution in [0, 0.1) is 0 Å². The number of nitrogens with two attached hydrogens (primary N) is 1. The van der Waals surface area contributed by atoms with Crippen molar-refractivity contribution in [2.75, 3.05) is 18.2 Å². The maximum atomic E-state index is 12.1. The Bertz CT molecular complexity index is 625. The molecule has 0 aliphatic carbocycles. The van der Waals surface area contributed by atoms with E-state index in [9.17, 15) is 4.79 Å². The van der Waals surface area contributed by atoms with Crippen molar-refractivity contribution in [3.8, 4) is 5.75 Å². The van der Waals surface area contributed by atoms with E-state index in [0.717, 1.165) is 0 Å². The summed E-state index contributed by atoms with van der Waals surface area (Å²) in [5.41, 5.74) is 7.16. The van der Waals surface area contributed by atoms with Crippen molar-refractivity contribution in [2.45, 2.75) is 19.9 Å². The van der Waals surface area contributed by atoms with Gasteiger partial charge in [0.2, 0.25) is 0 Å². The summed E-state index contributed by atoms with van der Waals surface area (Å²) >= 11 is 0. The number of hydrogen-bond acceptors (Lipinski definition) is 4. The second kappa shape index (κ2) is 6.99. The van der Waals surface area contributed by atoms with Crippen LogP contribution in [-0.2, 0) is 0 Å². The summed E-state index contributed by atoms with van der Waals surface area (Å²) in [6.45, 7) is 3.99. The Morgan fingerprint density at radius 1 is 1.38 bits per heavy atom. The molecule has 0 saturated carbocycles. The molecule has 0 atom stereocenters. The number of amides is 1. The topological polar surface area (TPSA) is 82.2 Å². The molecule has 3 N–H and O–H groups in total. The van der Waals surface area contributed by atoms with E-state index in [1.54, 1.807) is 42.3 Å². The van der Waals surface area contributed by atoms with E-state index >= 15 is 0 Å². The molecule has 0 radical (unpaired) electrons. The van der Waals surface area contributed by atoms with E-state index in [1.807, 2.05) is 13.8 Å². The number of methoxy groups -OCH3 is 1. The third-order valence-corrected chi connectivity index (χ3v) is 2.88. The highest BCUT2D eigenvalue weighted by Crippen LogP contribution is 2.24. The number of nitrogen functional groups attached to an aromatic ring is 1. The quantitative estimate of drug-likeness (QED) is 0.851. The van der Waals surface area contributed by atoms with Crippen LogP contribution >= 0.6 is 12.4 Å². The van der Waals surface area contributed by atoms with E-state index in [1.165, 1.54) is 0 Å². The van der Waals surface area contributed by atoms with Crippen molar-refractivity contribution in [1.29, 1.82) is 0 Å². The van der Waals surface area contributed by atoms with Crippen molar-refractivity contribution in [3.05, 3.63) is 36.2 Å². The Kier molecular flexibility index (Phi) is 5.60. The van der Waals surface area contributed by atoms with E-state index in [0.29, 0.717) is 22.8 Å². The summed E-state index contributed by atoms with van der Waals surface area (Å²) in [6, 6.07) is 6.97. The Balaban J connectivity index is 0.00000220. The minimum Gasteiger partial charge on any atom is -0.497 e. The zero-order valence-corrected chi connectivity index (χ0v) is 13.0. The van der Waals surface area contributed by atoms with Crippen LogP contribution in [0.5, 0.6) is 5.75 Å². The molecule has 1 aromatic heterocycles. The first-order valence-electron chi connectivity index (χ1n) is 6.31. The minimum absolute atomic E-state index is 0. The first-order valence-corrected chi connectivity index (χ1v) is 6.31. The van der Waals surface area contributed by atoms with Gasteiger partial charge in [0.05, 0.1) is 18.5 Å². The Hall–Kier alpha value is -2.21. The summed E-state index contributed by atoms with van der Waals surface area (Å²) in [5, 5.41) is 6.94. The number of carbonyl (C=O) groups is 1. The molecule has 0 spiro atoms. The molecular weight excluding hydrogens is 292 g/mol. The minimum atomic E-state index is -0.302. The van der Waals surface area contributed by atoms with E-state index in [-0.39, 0.29) is 24.4 Å². The van der Waals surface area contributed by atoms with E-state index < -0.39 is 0 Å². The molecule has 114 valence electrons. The summed E-state index contributed by atoms with van der Waals surface area (Å²) < 4.78 is 6.83. The molecule has 1 aromatic carbocycles. The molecule has 0 bridgehead atoms. The Morgan fingerprint density at radius 3 is 2.67 bits per heavy atom. The molecule has 21 heavy (non-hydrogen) atoms. The predicted octanol–water partition coefficient (Wildman–Crippen LogP) is 2.73. The average molecular weight is 311 g/mol. The van der Waals surface area contributed by atoms with Gasteiger partial charge in [0.15, 0.2) is 5.69 Å². The van der Waals surface area contributed by atoms with Crippen LogP contribution in [0.3, 0.4) is 0 Å². The second-order valence-electron chi connectivity index (χ2n) is 4.68. The molecule has 0 aliphatic heterocycles. The zero-order chi connectivity index (χ0) is 14.7. The average Bonchev–Trinajstić information content (AvgIpc) is 2.91. The van der Waals surface area contributed by atoms with Crippen LogP contribution in [-0.4, -0.2) is 22.8 Å². The first-order chi connectivity index (χ1) is 9.51. The van der Waals surface area contributed by atoms with Gasteiger partial charge in [-0.1, -0.05) is 0 Å². The largest absolute Gasteiger partial charge is 0.497 e. The molecule has 7 heteroatoms. The lowest BCUT2D eigenvalue weighted by Gasteiger charge is -2.09. The maximum Gasteiger partial charge on any atom is 0.276 e. The van der Waals surface area contributed by atoms with E-state index in [4.69, 9.17) is 10.5 Å². The highest BCUT2D eigenvalue weighted by molar-refractivity contribution is 6.04. The molecule has 1 heterocycles. The van der Waals surface area contributed by atoms with Crippen LogP contribution < -0.4 is 15.8 Å². The summed E-state index contributed by atoms with van der Waals surface area (Å²) in [6.07, 6.45) is 1.77. The summed E-state index contributed by atoms with van der Waals surface area (Å²) in [7, 11) is 1.56. The van der Waals surface area contributed by atoms with Crippen LogP contribution in [0.2, 0.25) is 0 Å². The molecule has 0 unspecified atom stereocenters. The monoisotopic (exact) mass is 310 g/mol. The van der Waals surface area contributed by atoms with Crippen LogP contribution in [0.15, 0.2) is 30.5 Å². The van der Waals surface area contributed by atoms with Crippen LogP contribution in [0.25, 0.3) is 0 Å². The van der Waals surface area contributed by atoms with Gasteiger partial charge in [-0.15, -0.1) is 12.4 Å². The number of hydrogen-bond donors (Lipinski definition) is 2. The third-order valence-electron chi connectivity index (χ3n) is 2.88. The van der Waals surface area contributed by atoms with Gasteiger partial charge in [-0.2, -0.15) is 5.10 Å². The van der Waals surface area contributed by atoms with Crippen molar-refractivity contribution in [3.63, 3.8) is 0 Å². The number of rotatable bonds is 4. The van der Waals surface area contributed by atoms with Gasteiger partial charge >= 0.3 is 0 Å². The van der Waals surface area contributed by atoms with Gasteiger partial charge in [0, 0.05) is 18.3 Å². The fraction of sp³-hybridized carbons (Fsp3) is 0.286. The SMILES string of the molecule is COc1ccc(N)c(NC(=O)c2ccn(C(C)C)n2)c1.Cl. The molecule has 2 aromatic rings. The molecule has 2 rings (SSSR count). The van der Waals surface area contributed by atoms with Crippen molar-refractivity contribution in [1.82, 2.24) is 9.78 Å². The number of anilines is 2. The van der Waals surface area contributed by atoms with Gasteiger partial charge in [-0.25, -0.2) is 0 Å². The lowest BCUT2D eigenvalue weighted by Crippen LogP contribution is -2.15. The van der Waals surface area contributed by atoms with Gasteiger partial charge in [-0.05, 0) is 32.0 Å². The molecule has 1 amide bonds. The molecule has 0 fully saturated rings. The predicted molar refractivity (Wildman–Crippen MR) is 85.2 cm³/mol. The Morgan fingerprint density at radius 2 is 2.10 bits per heavy atom. The van der Waals surface area contributed by atoms with Gasteiger partial charge in [0.1, 0.15) is 5.75 Å². The number of aromatic nitrogens is 2. The maximum absolute atomic E-state index is 12.1. The van der Waals surface area contributed by atoms with Crippen molar-refractivity contribution in [2.24, 2.45) is 0 Å². The number of carbonyl (C=O) groups excluding carboxylic acids is 1. The smallest absolute Gasteiger partial charge is 0.276 e. The number of halogens is 1. The van der Waals surface area contributed by atoms with E-state index in [2.05, 4.69) is 10.4 Å². The number of ether oxygens (including phenoxy) is 1. The molecule has 6 nitrogen and oxygen atoms in total. The highest BCUT2D eigenvalue weighted by Gasteiger charge is 2.12. The highest BCUT2D eigenvalue weighted by atomic mass is 35.5.